The van der Waals surface area contributed by atoms with Crippen molar-refractivity contribution in [3.63, 3.8) is 0 Å². The Morgan fingerprint density at radius 3 is 2.64 bits per heavy atom. The number of hydrogen-bond donors (Lipinski definition) is 0. The van der Waals surface area contributed by atoms with E-state index in [4.69, 9.17) is 4.74 Å². The van der Waals surface area contributed by atoms with Crippen LogP contribution < -0.4 is 0 Å². The highest BCUT2D eigenvalue weighted by Gasteiger charge is 2.30. The van der Waals surface area contributed by atoms with E-state index in [0.29, 0.717) is 6.04 Å². The largest absolute Gasteiger partial charge is 0.373 e. The fourth-order valence-corrected chi connectivity index (χ4v) is 1.57. The molecule has 2 heteroatoms. The van der Waals surface area contributed by atoms with Gasteiger partial charge in [0.2, 0.25) is 0 Å². The molecule has 66 valence electrons. The molecule has 0 aromatic heterocycles. The van der Waals surface area contributed by atoms with Crippen LogP contribution in [0.3, 0.4) is 0 Å². The molecule has 0 aromatic carbocycles. The lowest BCUT2D eigenvalue weighted by molar-refractivity contribution is -0.108. The molecular formula is C9H19NO. The molecule has 11 heavy (non-hydrogen) atoms. The highest BCUT2D eigenvalue weighted by molar-refractivity contribution is 4.82. The predicted octanol–water partition coefficient (Wildman–Crippen LogP) is 1.51. The Bertz CT molecular complexity index is 134. The van der Waals surface area contributed by atoms with Crippen molar-refractivity contribution in [1.82, 2.24) is 4.90 Å². The first kappa shape index (κ1) is 9.01. The SMILES string of the molecule is CCN1CC(C)(C)OC[C@@H]1C. The normalized spacial score (nSPS) is 32.2. The van der Waals surface area contributed by atoms with Gasteiger partial charge in [0.05, 0.1) is 12.2 Å². The Kier molecular flexibility index (Phi) is 2.55. The Morgan fingerprint density at radius 1 is 1.55 bits per heavy atom. The Balaban J connectivity index is 2.51. The molecule has 0 N–H and O–H groups in total. The van der Waals surface area contributed by atoms with Gasteiger partial charge in [-0.25, -0.2) is 0 Å². The monoisotopic (exact) mass is 157 g/mol. The van der Waals surface area contributed by atoms with E-state index in [0.717, 1.165) is 19.7 Å². The Labute approximate surface area is 69.5 Å². The van der Waals surface area contributed by atoms with Gasteiger partial charge in [-0.1, -0.05) is 6.92 Å². The summed E-state index contributed by atoms with van der Waals surface area (Å²) >= 11 is 0. The van der Waals surface area contributed by atoms with Gasteiger partial charge in [-0.15, -0.1) is 0 Å². The lowest BCUT2D eigenvalue weighted by Crippen LogP contribution is -2.52. The van der Waals surface area contributed by atoms with Crippen molar-refractivity contribution in [2.75, 3.05) is 19.7 Å². The van der Waals surface area contributed by atoms with E-state index in [1.165, 1.54) is 0 Å². The fourth-order valence-electron chi connectivity index (χ4n) is 1.57. The van der Waals surface area contributed by atoms with Crippen LogP contribution in [0.1, 0.15) is 27.7 Å². The number of hydrogen-bond acceptors (Lipinski definition) is 2. The molecule has 1 rings (SSSR count). The number of morpholine rings is 1. The minimum Gasteiger partial charge on any atom is -0.373 e. The van der Waals surface area contributed by atoms with Gasteiger partial charge in [-0.3, -0.25) is 4.90 Å². The Hall–Kier alpha value is -0.0800. The molecule has 0 aliphatic carbocycles. The third-order valence-corrected chi connectivity index (χ3v) is 2.33. The van der Waals surface area contributed by atoms with Crippen molar-refractivity contribution >= 4 is 0 Å². The smallest absolute Gasteiger partial charge is 0.0753 e. The molecule has 1 saturated heterocycles. The summed E-state index contributed by atoms with van der Waals surface area (Å²) in [6, 6.07) is 0.591. The van der Waals surface area contributed by atoms with Crippen molar-refractivity contribution in [2.24, 2.45) is 0 Å². The van der Waals surface area contributed by atoms with Crippen molar-refractivity contribution in [2.45, 2.75) is 39.3 Å². The highest BCUT2D eigenvalue weighted by Crippen LogP contribution is 2.19. The summed E-state index contributed by atoms with van der Waals surface area (Å²) in [4.78, 5) is 2.46. The molecule has 1 fully saturated rings. The quantitative estimate of drug-likeness (QED) is 0.572. The van der Waals surface area contributed by atoms with Crippen molar-refractivity contribution in [1.29, 1.82) is 0 Å². The standard InChI is InChI=1S/C9H19NO/c1-5-10-7-9(3,4)11-6-8(10)2/h8H,5-7H2,1-4H3/t8-/m0/s1. The lowest BCUT2D eigenvalue weighted by atomic mass is 10.1. The zero-order valence-corrected chi connectivity index (χ0v) is 8.05. The van der Waals surface area contributed by atoms with E-state index in [-0.39, 0.29) is 5.60 Å². The summed E-state index contributed by atoms with van der Waals surface area (Å²) < 4.78 is 5.67. The molecule has 1 aliphatic rings. The maximum Gasteiger partial charge on any atom is 0.0753 e. The summed E-state index contributed by atoms with van der Waals surface area (Å²) in [6.45, 7) is 11.8. The topological polar surface area (TPSA) is 12.5 Å². The zero-order chi connectivity index (χ0) is 8.48. The number of likely N-dealkylation sites (N-methyl/N-ethyl adjacent to an activating group) is 1. The van der Waals surface area contributed by atoms with Crippen LogP contribution in [-0.4, -0.2) is 36.2 Å². The minimum atomic E-state index is 0.0581. The van der Waals surface area contributed by atoms with Crippen LogP contribution in [0.4, 0.5) is 0 Å². The minimum absolute atomic E-state index is 0.0581. The molecule has 0 amide bonds. The number of rotatable bonds is 1. The molecule has 1 aliphatic heterocycles. The lowest BCUT2D eigenvalue weighted by Gasteiger charge is -2.41. The van der Waals surface area contributed by atoms with Crippen LogP contribution in [0, 0.1) is 0 Å². The second-order valence-electron chi connectivity index (χ2n) is 3.98. The summed E-state index contributed by atoms with van der Waals surface area (Å²) in [5, 5.41) is 0. The van der Waals surface area contributed by atoms with Crippen LogP contribution in [0.5, 0.6) is 0 Å². The van der Waals surface area contributed by atoms with Gasteiger partial charge in [0.15, 0.2) is 0 Å². The van der Waals surface area contributed by atoms with Crippen LogP contribution in [0.25, 0.3) is 0 Å². The van der Waals surface area contributed by atoms with Gasteiger partial charge in [-0.05, 0) is 27.3 Å². The first-order valence-corrected chi connectivity index (χ1v) is 4.43. The van der Waals surface area contributed by atoms with E-state index in [1.807, 2.05) is 0 Å². The van der Waals surface area contributed by atoms with Crippen LogP contribution in [-0.2, 0) is 4.74 Å². The number of nitrogens with zero attached hydrogens (tertiary/aromatic N) is 1. The van der Waals surface area contributed by atoms with Crippen molar-refractivity contribution < 1.29 is 4.74 Å². The van der Waals surface area contributed by atoms with Gasteiger partial charge >= 0.3 is 0 Å². The maximum atomic E-state index is 5.67. The van der Waals surface area contributed by atoms with E-state index < -0.39 is 0 Å². The highest BCUT2D eigenvalue weighted by atomic mass is 16.5. The van der Waals surface area contributed by atoms with Crippen molar-refractivity contribution in [3.8, 4) is 0 Å². The summed E-state index contributed by atoms with van der Waals surface area (Å²) in [5.74, 6) is 0. The van der Waals surface area contributed by atoms with Gasteiger partial charge in [0.25, 0.3) is 0 Å². The second kappa shape index (κ2) is 3.11. The van der Waals surface area contributed by atoms with Crippen molar-refractivity contribution in [3.05, 3.63) is 0 Å². The molecule has 0 radical (unpaired) electrons. The third-order valence-electron chi connectivity index (χ3n) is 2.33. The predicted molar refractivity (Wildman–Crippen MR) is 46.7 cm³/mol. The molecular weight excluding hydrogens is 138 g/mol. The first-order chi connectivity index (χ1) is 5.05. The molecule has 0 spiro atoms. The van der Waals surface area contributed by atoms with Gasteiger partial charge in [-0.2, -0.15) is 0 Å². The molecule has 0 aromatic rings. The maximum absolute atomic E-state index is 5.67. The van der Waals surface area contributed by atoms with E-state index in [2.05, 4.69) is 32.6 Å². The average molecular weight is 157 g/mol. The third kappa shape index (κ3) is 2.17. The van der Waals surface area contributed by atoms with Gasteiger partial charge in [0, 0.05) is 12.6 Å². The molecule has 1 atom stereocenters. The summed E-state index contributed by atoms with van der Waals surface area (Å²) in [6.07, 6.45) is 0. The van der Waals surface area contributed by atoms with E-state index >= 15 is 0 Å². The average Bonchev–Trinajstić information content (AvgIpc) is 1.94. The first-order valence-electron chi connectivity index (χ1n) is 4.43. The molecule has 0 unspecified atom stereocenters. The van der Waals surface area contributed by atoms with Gasteiger partial charge in [0.1, 0.15) is 0 Å². The molecule has 2 nitrogen and oxygen atoms in total. The zero-order valence-electron chi connectivity index (χ0n) is 8.05. The van der Waals surface area contributed by atoms with Crippen LogP contribution in [0.2, 0.25) is 0 Å². The molecule has 0 saturated carbocycles. The second-order valence-corrected chi connectivity index (χ2v) is 3.98. The number of ether oxygens (including phenoxy) is 1. The van der Waals surface area contributed by atoms with Crippen LogP contribution in [0.15, 0.2) is 0 Å². The van der Waals surface area contributed by atoms with E-state index in [9.17, 15) is 0 Å². The Morgan fingerprint density at radius 2 is 2.18 bits per heavy atom. The van der Waals surface area contributed by atoms with Gasteiger partial charge < -0.3 is 4.74 Å². The summed E-state index contributed by atoms with van der Waals surface area (Å²) in [5.41, 5.74) is 0.0581. The van der Waals surface area contributed by atoms with Crippen LogP contribution >= 0.6 is 0 Å². The fraction of sp³-hybridized carbons (Fsp3) is 1.00. The van der Waals surface area contributed by atoms with E-state index in [1.54, 1.807) is 0 Å². The molecule has 0 bridgehead atoms. The summed E-state index contributed by atoms with van der Waals surface area (Å²) in [7, 11) is 0. The molecule has 1 heterocycles.